The Morgan fingerprint density at radius 1 is 1.54 bits per heavy atom. The van der Waals surface area contributed by atoms with E-state index in [4.69, 9.17) is 9.94 Å². The van der Waals surface area contributed by atoms with Gasteiger partial charge in [-0.05, 0) is 31.0 Å². The lowest BCUT2D eigenvalue weighted by Gasteiger charge is -2.09. The molecule has 72 valence electrons. The van der Waals surface area contributed by atoms with Crippen LogP contribution < -0.4 is 10.2 Å². The maximum atomic E-state index is 8.64. The molecule has 2 N–H and O–H groups in total. The van der Waals surface area contributed by atoms with E-state index in [9.17, 15) is 0 Å². The second-order valence-corrected chi connectivity index (χ2v) is 3.09. The molecule has 0 aliphatic heterocycles. The molecule has 1 aromatic rings. The molecule has 0 saturated carbocycles. The summed E-state index contributed by atoms with van der Waals surface area (Å²) in [6.07, 6.45) is 0.785. The molecule has 0 spiro atoms. The summed E-state index contributed by atoms with van der Waals surface area (Å²) in [4.78, 5) is 0. The highest BCUT2D eigenvalue weighted by molar-refractivity contribution is 5.28. The number of hydrogen-bond acceptors (Lipinski definition) is 3. The topological polar surface area (TPSA) is 41.5 Å². The Morgan fingerprint density at radius 3 is 2.92 bits per heavy atom. The second-order valence-electron chi connectivity index (χ2n) is 3.09. The number of benzene rings is 1. The van der Waals surface area contributed by atoms with Gasteiger partial charge in [-0.15, -0.1) is 0 Å². The van der Waals surface area contributed by atoms with Gasteiger partial charge < -0.3 is 9.94 Å². The number of nitrogens with one attached hydrogen (secondary N) is 1. The summed E-state index contributed by atoms with van der Waals surface area (Å²) >= 11 is 0. The molecule has 0 radical (unpaired) electrons. The molecule has 0 heterocycles. The van der Waals surface area contributed by atoms with E-state index < -0.39 is 0 Å². The SMILES string of the molecule is COc1cccc(CC(C)NO)c1. The molecule has 3 heteroatoms. The van der Waals surface area contributed by atoms with Gasteiger partial charge in [0.05, 0.1) is 7.11 Å². The Bertz CT molecular complexity index is 263. The van der Waals surface area contributed by atoms with Crippen LogP contribution in [0, 0.1) is 0 Å². The highest BCUT2D eigenvalue weighted by Crippen LogP contribution is 2.13. The van der Waals surface area contributed by atoms with Gasteiger partial charge in [-0.25, -0.2) is 5.48 Å². The summed E-state index contributed by atoms with van der Waals surface area (Å²) in [6, 6.07) is 7.88. The van der Waals surface area contributed by atoms with Crippen molar-refractivity contribution in [3.8, 4) is 5.75 Å². The third-order valence-electron chi connectivity index (χ3n) is 1.90. The predicted octanol–water partition coefficient (Wildman–Crippen LogP) is 1.60. The molecule has 0 bridgehead atoms. The molecule has 0 aliphatic carbocycles. The maximum Gasteiger partial charge on any atom is 0.119 e. The average molecular weight is 181 g/mol. The molecule has 1 rings (SSSR count). The van der Waals surface area contributed by atoms with Crippen LogP contribution in [-0.4, -0.2) is 18.4 Å². The zero-order valence-corrected chi connectivity index (χ0v) is 7.95. The fourth-order valence-electron chi connectivity index (χ4n) is 1.20. The van der Waals surface area contributed by atoms with Gasteiger partial charge in [-0.1, -0.05) is 12.1 Å². The third-order valence-corrected chi connectivity index (χ3v) is 1.90. The Labute approximate surface area is 78.3 Å². The minimum absolute atomic E-state index is 0.0621. The molecule has 1 aromatic carbocycles. The van der Waals surface area contributed by atoms with Crippen LogP contribution >= 0.6 is 0 Å². The van der Waals surface area contributed by atoms with Crippen molar-refractivity contribution >= 4 is 0 Å². The predicted molar refractivity (Wildman–Crippen MR) is 51.1 cm³/mol. The van der Waals surface area contributed by atoms with E-state index in [1.54, 1.807) is 7.11 Å². The average Bonchev–Trinajstić information content (AvgIpc) is 2.18. The first-order valence-corrected chi connectivity index (χ1v) is 4.29. The van der Waals surface area contributed by atoms with E-state index in [1.807, 2.05) is 31.2 Å². The van der Waals surface area contributed by atoms with Crippen molar-refractivity contribution in [1.82, 2.24) is 5.48 Å². The van der Waals surface area contributed by atoms with Crippen LogP contribution in [0.1, 0.15) is 12.5 Å². The van der Waals surface area contributed by atoms with E-state index in [-0.39, 0.29) is 6.04 Å². The molecule has 0 saturated heterocycles. The van der Waals surface area contributed by atoms with Crippen molar-refractivity contribution < 1.29 is 9.94 Å². The van der Waals surface area contributed by atoms with Crippen LogP contribution in [0.15, 0.2) is 24.3 Å². The zero-order chi connectivity index (χ0) is 9.68. The van der Waals surface area contributed by atoms with E-state index in [0.29, 0.717) is 0 Å². The van der Waals surface area contributed by atoms with Crippen molar-refractivity contribution in [3.63, 3.8) is 0 Å². The summed E-state index contributed by atoms with van der Waals surface area (Å²) in [5, 5.41) is 8.64. The van der Waals surface area contributed by atoms with E-state index in [2.05, 4.69) is 5.48 Å². The summed E-state index contributed by atoms with van der Waals surface area (Å²) < 4.78 is 5.09. The molecule has 1 atom stereocenters. The van der Waals surface area contributed by atoms with E-state index >= 15 is 0 Å². The molecule has 0 fully saturated rings. The van der Waals surface area contributed by atoms with Crippen LogP contribution in [0.2, 0.25) is 0 Å². The van der Waals surface area contributed by atoms with Crippen molar-refractivity contribution in [2.75, 3.05) is 7.11 Å². The highest BCUT2D eigenvalue weighted by atomic mass is 16.5. The van der Waals surface area contributed by atoms with E-state index in [1.165, 1.54) is 0 Å². The lowest BCUT2D eigenvalue weighted by atomic mass is 10.1. The first-order chi connectivity index (χ1) is 6.26. The lowest BCUT2D eigenvalue weighted by molar-refractivity contribution is 0.133. The van der Waals surface area contributed by atoms with Crippen LogP contribution in [0.3, 0.4) is 0 Å². The molecule has 13 heavy (non-hydrogen) atoms. The molecule has 0 amide bonds. The van der Waals surface area contributed by atoms with Crippen molar-refractivity contribution in [2.45, 2.75) is 19.4 Å². The Hall–Kier alpha value is -1.06. The summed E-state index contributed by atoms with van der Waals surface area (Å²) in [5.74, 6) is 0.850. The van der Waals surface area contributed by atoms with Gasteiger partial charge in [0, 0.05) is 6.04 Å². The zero-order valence-electron chi connectivity index (χ0n) is 7.95. The molecule has 1 unspecified atom stereocenters. The highest BCUT2D eigenvalue weighted by Gasteiger charge is 2.01. The maximum absolute atomic E-state index is 8.64. The van der Waals surface area contributed by atoms with Crippen molar-refractivity contribution in [2.24, 2.45) is 0 Å². The lowest BCUT2D eigenvalue weighted by Crippen LogP contribution is -2.24. The fraction of sp³-hybridized carbons (Fsp3) is 0.400. The smallest absolute Gasteiger partial charge is 0.119 e. The summed E-state index contributed by atoms with van der Waals surface area (Å²) in [6.45, 7) is 1.92. The van der Waals surface area contributed by atoms with Gasteiger partial charge in [0.15, 0.2) is 0 Å². The summed E-state index contributed by atoms with van der Waals surface area (Å²) in [7, 11) is 1.65. The number of ether oxygens (including phenoxy) is 1. The van der Waals surface area contributed by atoms with Crippen molar-refractivity contribution in [3.05, 3.63) is 29.8 Å². The Kier molecular flexibility index (Phi) is 3.73. The monoisotopic (exact) mass is 181 g/mol. The molecular formula is C10H15NO2. The normalized spacial score (nSPS) is 12.5. The molecular weight excluding hydrogens is 166 g/mol. The molecule has 0 aliphatic rings. The van der Waals surface area contributed by atoms with Crippen molar-refractivity contribution in [1.29, 1.82) is 0 Å². The number of methoxy groups -OCH3 is 1. The van der Waals surface area contributed by atoms with Crippen LogP contribution in [0.5, 0.6) is 5.75 Å². The van der Waals surface area contributed by atoms with Crippen LogP contribution in [-0.2, 0) is 6.42 Å². The number of hydrogen-bond donors (Lipinski definition) is 2. The summed E-state index contributed by atoms with van der Waals surface area (Å²) in [5.41, 5.74) is 3.36. The number of hydroxylamine groups is 1. The van der Waals surface area contributed by atoms with E-state index in [0.717, 1.165) is 17.7 Å². The van der Waals surface area contributed by atoms with Crippen LogP contribution in [0.4, 0.5) is 0 Å². The Morgan fingerprint density at radius 2 is 2.31 bits per heavy atom. The standard InChI is InChI=1S/C10H15NO2/c1-8(11-12)6-9-4-3-5-10(7-9)13-2/h3-5,7-8,11-12H,6H2,1-2H3. The third kappa shape index (κ3) is 3.05. The second kappa shape index (κ2) is 4.84. The van der Waals surface area contributed by atoms with Gasteiger partial charge in [0.1, 0.15) is 5.75 Å². The first-order valence-electron chi connectivity index (χ1n) is 4.29. The van der Waals surface area contributed by atoms with Gasteiger partial charge in [-0.3, -0.25) is 0 Å². The fourth-order valence-corrected chi connectivity index (χ4v) is 1.20. The minimum atomic E-state index is 0.0621. The Balaban J connectivity index is 2.66. The van der Waals surface area contributed by atoms with Gasteiger partial charge in [0.2, 0.25) is 0 Å². The minimum Gasteiger partial charge on any atom is -0.497 e. The van der Waals surface area contributed by atoms with Gasteiger partial charge in [-0.2, -0.15) is 0 Å². The largest absolute Gasteiger partial charge is 0.497 e. The quantitative estimate of drug-likeness (QED) is 0.693. The molecule has 3 nitrogen and oxygen atoms in total. The first kappa shape index (κ1) is 10.0. The van der Waals surface area contributed by atoms with Gasteiger partial charge in [0.25, 0.3) is 0 Å². The van der Waals surface area contributed by atoms with Crippen LogP contribution in [0.25, 0.3) is 0 Å². The number of rotatable bonds is 4. The van der Waals surface area contributed by atoms with Gasteiger partial charge >= 0.3 is 0 Å². The molecule has 0 aromatic heterocycles.